The normalized spacial score (nSPS) is 14.9. The van der Waals surface area contributed by atoms with E-state index in [-0.39, 0.29) is 6.42 Å². The second kappa shape index (κ2) is 17.8. The summed E-state index contributed by atoms with van der Waals surface area (Å²) in [6.07, 6.45) is 15.0. The molecule has 0 spiro atoms. The third kappa shape index (κ3) is 14.5. The molecule has 4 nitrogen and oxygen atoms in total. The number of aliphatic carboxylic acids is 1. The fourth-order valence-electron chi connectivity index (χ4n) is 3.52. The Kier molecular flexibility index (Phi) is 17.4. The Labute approximate surface area is 161 Å². The fraction of sp³-hybridized carbons (Fsp3) is 0.955. The Morgan fingerprint density at radius 1 is 0.692 bits per heavy atom. The van der Waals surface area contributed by atoms with Crippen molar-refractivity contribution in [3.63, 3.8) is 0 Å². The van der Waals surface area contributed by atoms with Gasteiger partial charge in [-0.05, 0) is 12.8 Å². The van der Waals surface area contributed by atoms with E-state index in [1.165, 1.54) is 44.9 Å². The lowest BCUT2D eigenvalue weighted by Crippen LogP contribution is -2.31. The minimum absolute atomic E-state index is 0.182. The number of hydrogen-bond donors (Lipinski definition) is 3. The van der Waals surface area contributed by atoms with E-state index in [0.29, 0.717) is 12.8 Å². The molecule has 0 saturated carbocycles. The molecule has 26 heavy (non-hydrogen) atoms. The molecule has 156 valence electrons. The molecule has 0 unspecified atom stereocenters. The van der Waals surface area contributed by atoms with E-state index in [1.807, 2.05) is 0 Å². The van der Waals surface area contributed by atoms with Crippen LogP contribution in [0.3, 0.4) is 0 Å². The molecule has 3 atom stereocenters. The molecular weight excluding hydrogens is 328 g/mol. The molecule has 0 bridgehead atoms. The quantitative estimate of drug-likeness (QED) is 0.254. The molecule has 0 aromatic heterocycles. The van der Waals surface area contributed by atoms with Gasteiger partial charge >= 0.3 is 5.97 Å². The molecule has 0 amide bonds. The first kappa shape index (κ1) is 25.4. The smallest absolute Gasteiger partial charge is 0.309 e. The van der Waals surface area contributed by atoms with Crippen molar-refractivity contribution >= 4 is 5.97 Å². The Morgan fingerprint density at radius 3 is 1.62 bits per heavy atom. The maximum Gasteiger partial charge on any atom is 0.309 e. The number of aliphatic hydroxyl groups excluding tert-OH is 2. The second-order valence-corrected chi connectivity index (χ2v) is 7.87. The predicted molar refractivity (Wildman–Crippen MR) is 108 cm³/mol. The average Bonchev–Trinajstić information content (AvgIpc) is 2.59. The second-order valence-electron chi connectivity index (χ2n) is 7.87. The Balaban J connectivity index is 3.80. The fourth-order valence-corrected chi connectivity index (χ4v) is 3.52. The van der Waals surface area contributed by atoms with Gasteiger partial charge in [-0.25, -0.2) is 0 Å². The van der Waals surface area contributed by atoms with Gasteiger partial charge in [0.05, 0.1) is 18.1 Å². The van der Waals surface area contributed by atoms with Gasteiger partial charge in [-0.3, -0.25) is 4.79 Å². The van der Waals surface area contributed by atoms with E-state index < -0.39 is 24.1 Å². The summed E-state index contributed by atoms with van der Waals surface area (Å²) in [5, 5.41) is 29.6. The highest BCUT2D eigenvalue weighted by Gasteiger charge is 2.27. The molecule has 3 N–H and O–H groups in total. The summed E-state index contributed by atoms with van der Waals surface area (Å²) in [5.41, 5.74) is 0. The zero-order valence-electron chi connectivity index (χ0n) is 17.3. The standard InChI is InChI=1S/C22H44O4/c1-3-5-7-9-10-11-12-13-14-16-19(23)18-21(24)20(22(25)26)17-15-8-6-4-2/h19-21,23-24H,3-18H2,1-2H3,(H,25,26)/t19-,20-,21-/m1/s1. The zero-order valence-corrected chi connectivity index (χ0v) is 17.3. The van der Waals surface area contributed by atoms with E-state index in [4.69, 9.17) is 0 Å². The molecule has 0 radical (unpaired) electrons. The van der Waals surface area contributed by atoms with Crippen LogP contribution in [0.15, 0.2) is 0 Å². The molecule has 0 aromatic carbocycles. The number of unbranched alkanes of at least 4 members (excludes halogenated alkanes) is 11. The van der Waals surface area contributed by atoms with E-state index >= 15 is 0 Å². The van der Waals surface area contributed by atoms with E-state index in [1.54, 1.807) is 0 Å². The van der Waals surface area contributed by atoms with Crippen molar-refractivity contribution in [2.45, 2.75) is 129 Å². The Morgan fingerprint density at radius 2 is 1.12 bits per heavy atom. The minimum Gasteiger partial charge on any atom is -0.481 e. The van der Waals surface area contributed by atoms with Crippen LogP contribution in [0.1, 0.15) is 117 Å². The van der Waals surface area contributed by atoms with Crippen LogP contribution in [0.2, 0.25) is 0 Å². The van der Waals surface area contributed by atoms with Crippen LogP contribution in [-0.2, 0) is 4.79 Å². The van der Waals surface area contributed by atoms with E-state index in [9.17, 15) is 20.1 Å². The highest BCUT2D eigenvalue weighted by Crippen LogP contribution is 2.20. The van der Waals surface area contributed by atoms with Gasteiger partial charge in [0.15, 0.2) is 0 Å². The molecule has 0 fully saturated rings. The van der Waals surface area contributed by atoms with Crippen molar-refractivity contribution < 1.29 is 20.1 Å². The van der Waals surface area contributed by atoms with Crippen molar-refractivity contribution in [1.29, 1.82) is 0 Å². The largest absolute Gasteiger partial charge is 0.481 e. The lowest BCUT2D eigenvalue weighted by molar-refractivity contribution is -0.146. The first-order valence-corrected chi connectivity index (χ1v) is 11.1. The summed E-state index contributed by atoms with van der Waals surface area (Å²) < 4.78 is 0. The zero-order chi connectivity index (χ0) is 19.6. The van der Waals surface area contributed by atoms with Crippen molar-refractivity contribution in [1.82, 2.24) is 0 Å². The number of carboxylic acid groups (broad SMARTS) is 1. The van der Waals surface area contributed by atoms with Gasteiger partial charge in [-0.15, -0.1) is 0 Å². The highest BCUT2D eigenvalue weighted by molar-refractivity contribution is 5.70. The maximum atomic E-state index is 11.4. The van der Waals surface area contributed by atoms with Gasteiger partial charge in [-0.2, -0.15) is 0 Å². The summed E-state index contributed by atoms with van der Waals surface area (Å²) in [5.74, 6) is -1.69. The van der Waals surface area contributed by atoms with Gasteiger partial charge < -0.3 is 15.3 Å². The monoisotopic (exact) mass is 372 g/mol. The molecule has 0 aliphatic carbocycles. The molecule has 0 heterocycles. The third-order valence-corrected chi connectivity index (χ3v) is 5.30. The molecule has 4 heteroatoms. The van der Waals surface area contributed by atoms with Gasteiger partial charge in [0.2, 0.25) is 0 Å². The average molecular weight is 373 g/mol. The number of hydrogen-bond acceptors (Lipinski definition) is 3. The van der Waals surface area contributed by atoms with E-state index in [2.05, 4.69) is 13.8 Å². The topological polar surface area (TPSA) is 77.8 Å². The maximum absolute atomic E-state index is 11.4. The highest BCUT2D eigenvalue weighted by atomic mass is 16.4. The molecular formula is C22H44O4. The predicted octanol–water partition coefficient (Wildman–Crippen LogP) is 5.69. The Hall–Kier alpha value is -0.610. The van der Waals surface area contributed by atoms with E-state index in [0.717, 1.165) is 38.5 Å². The number of aliphatic hydroxyl groups is 2. The summed E-state index contributed by atoms with van der Waals surface area (Å²) >= 11 is 0. The summed E-state index contributed by atoms with van der Waals surface area (Å²) in [7, 11) is 0. The van der Waals surface area contributed by atoms with Crippen LogP contribution >= 0.6 is 0 Å². The van der Waals surface area contributed by atoms with Crippen LogP contribution in [0.4, 0.5) is 0 Å². The number of rotatable bonds is 19. The van der Waals surface area contributed by atoms with Gasteiger partial charge in [0.25, 0.3) is 0 Å². The van der Waals surface area contributed by atoms with Crippen LogP contribution in [-0.4, -0.2) is 33.5 Å². The Bertz CT molecular complexity index is 319. The summed E-state index contributed by atoms with van der Waals surface area (Å²) in [6.45, 7) is 4.35. The van der Waals surface area contributed by atoms with Gasteiger partial charge in [-0.1, -0.05) is 97.3 Å². The van der Waals surface area contributed by atoms with Crippen molar-refractivity contribution in [2.75, 3.05) is 0 Å². The molecule has 0 rings (SSSR count). The van der Waals surface area contributed by atoms with Crippen molar-refractivity contribution in [3.05, 3.63) is 0 Å². The number of carbonyl (C=O) groups is 1. The van der Waals surface area contributed by atoms with Crippen LogP contribution in [0, 0.1) is 5.92 Å². The van der Waals surface area contributed by atoms with Crippen LogP contribution in [0.5, 0.6) is 0 Å². The molecule has 0 aliphatic rings. The summed E-state index contributed by atoms with van der Waals surface area (Å²) in [6, 6.07) is 0. The molecule has 0 aromatic rings. The van der Waals surface area contributed by atoms with Gasteiger partial charge in [0.1, 0.15) is 0 Å². The minimum atomic E-state index is -0.942. The van der Waals surface area contributed by atoms with Crippen molar-refractivity contribution in [2.24, 2.45) is 5.92 Å². The number of carboxylic acids is 1. The lowest BCUT2D eigenvalue weighted by atomic mass is 9.90. The first-order valence-electron chi connectivity index (χ1n) is 11.1. The summed E-state index contributed by atoms with van der Waals surface area (Å²) in [4.78, 5) is 11.4. The first-order chi connectivity index (χ1) is 12.5. The SMILES string of the molecule is CCCCCCCCCCC[C@@H](O)C[C@@H](O)[C@@H](CCCCCC)C(=O)O. The van der Waals surface area contributed by atoms with Gasteiger partial charge in [0, 0.05) is 6.42 Å². The van der Waals surface area contributed by atoms with Crippen LogP contribution < -0.4 is 0 Å². The molecule has 0 aliphatic heterocycles. The molecule has 0 saturated heterocycles. The van der Waals surface area contributed by atoms with Crippen LogP contribution in [0.25, 0.3) is 0 Å². The third-order valence-electron chi connectivity index (χ3n) is 5.30. The van der Waals surface area contributed by atoms with Crippen molar-refractivity contribution in [3.8, 4) is 0 Å². The lowest BCUT2D eigenvalue weighted by Gasteiger charge is -2.21.